The van der Waals surface area contributed by atoms with Crippen LogP contribution in [0.2, 0.25) is 0 Å². The van der Waals surface area contributed by atoms with E-state index in [0.29, 0.717) is 122 Å². The molecule has 6 saturated heterocycles. The summed E-state index contributed by atoms with van der Waals surface area (Å²) in [6, 6.07) is 27.1. The molecule has 778 valence electrons. The maximum Gasteiger partial charge on any atom is 0.393 e. The number of amides is 1. The second kappa shape index (κ2) is 45.1. The highest BCUT2D eigenvalue weighted by Crippen LogP contribution is 2.42. The number of piperidine rings is 5. The van der Waals surface area contributed by atoms with E-state index in [1.807, 2.05) is 27.7 Å². The van der Waals surface area contributed by atoms with Crippen LogP contribution in [-0.4, -0.2) is 262 Å². The molecule has 24 nitrogen and oxygen atoms in total. The smallest absolute Gasteiger partial charge is 0.390 e. The van der Waals surface area contributed by atoms with Gasteiger partial charge in [0.2, 0.25) is 15.9 Å². The van der Waals surface area contributed by atoms with E-state index in [0.717, 1.165) is 216 Å². The van der Waals surface area contributed by atoms with Gasteiger partial charge in [0.15, 0.2) is 0 Å². The van der Waals surface area contributed by atoms with E-state index in [9.17, 15) is 57.8 Å². The van der Waals surface area contributed by atoms with E-state index in [2.05, 4.69) is 206 Å². The Labute approximate surface area is 846 Å². The van der Waals surface area contributed by atoms with Gasteiger partial charge in [-0.2, -0.15) is 43.8 Å². The van der Waals surface area contributed by atoms with Crippen molar-refractivity contribution in [1.29, 1.82) is 0 Å². The van der Waals surface area contributed by atoms with Crippen LogP contribution in [0, 0.1) is 47.5 Å². The Morgan fingerprint density at radius 1 is 0.434 bits per heavy atom. The Morgan fingerprint density at radius 3 is 1.02 bits per heavy atom. The van der Waals surface area contributed by atoms with Crippen molar-refractivity contribution in [1.82, 2.24) is 82.6 Å². The molecule has 0 radical (unpaired) electrons. The number of fused-ring (bicyclic) bond motifs is 6. The molecule has 6 fully saturated rings. The van der Waals surface area contributed by atoms with Gasteiger partial charge in [-0.25, -0.2) is 38.3 Å². The van der Waals surface area contributed by atoms with Crippen LogP contribution in [0.1, 0.15) is 202 Å². The molecule has 5 N–H and O–H groups in total. The van der Waals surface area contributed by atoms with Gasteiger partial charge < -0.3 is 40.1 Å². The predicted octanol–water partition coefficient (Wildman–Crippen LogP) is 20.5. The van der Waals surface area contributed by atoms with Crippen molar-refractivity contribution >= 4 is 131 Å². The van der Waals surface area contributed by atoms with Crippen LogP contribution in [0.15, 0.2) is 72.8 Å². The number of rotatable bonds is 30. The fraction of sp³-hybridized carbons (Fsp3) is 0.594. The fourth-order valence-electron chi connectivity index (χ4n) is 21.9. The third-order valence-electron chi connectivity index (χ3n) is 30.8. The lowest BCUT2D eigenvalue weighted by molar-refractivity contribution is -0.127. The molecule has 1 amide bonds. The van der Waals surface area contributed by atoms with Crippen LogP contribution in [-0.2, 0) is 92.6 Å². The molecule has 0 unspecified atom stereocenters. The summed E-state index contributed by atoms with van der Waals surface area (Å²) in [4.78, 5) is 57.0. The van der Waals surface area contributed by atoms with Gasteiger partial charge in [0.25, 0.3) is 0 Å². The number of hydrogen-bond donors (Lipinski definition) is 5. The molecular formula is C106H143F9N20O4S4. The Morgan fingerprint density at radius 2 is 0.734 bits per heavy atom. The van der Waals surface area contributed by atoms with E-state index in [-0.39, 0.29) is 44.7 Å². The summed E-state index contributed by atoms with van der Waals surface area (Å²) in [6.07, 6.45) is -2.42. The number of thiophene rings is 3. The zero-order valence-electron chi connectivity index (χ0n) is 85.5. The van der Waals surface area contributed by atoms with Crippen molar-refractivity contribution in [2.75, 3.05) is 121 Å². The quantitative estimate of drug-likeness (QED) is 0.0263. The highest BCUT2D eigenvalue weighted by molar-refractivity contribution is 7.88. The van der Waals surface area contributed by atoms with Gasteiger partial charge in [-0.3, -0.25) is 34.2 Å². The fourth-order valence-corrected chi connectivity index (χ4v) is 26.0. The number of anilines is 3. The molecule has 6 aliphatic heterocycles. The first-order valence-corrected chi connectivity index (χ1v) is 55.6. The van der Waals surface area contributed by atoms with Gasteiger partial charge >= 0.3 is 18.5 Å². The Balaban J connectivity index is 0.000000154. The summed E-state index contributed by atoms with van der Waals surface area (Å²) >= 11 is 3.33. The van der Waals surface area contributed by atoms with Crippen LogP contribution < -0.4 is 21.3 Å². The average molecular weight is 2060 g/mol. The molecule has 37 heteroatoms. The Bertz CT molecular complexity index is 6550. The zero-order chi connectivity index (χ0) is 102. The second-order valence-corrected chi connectivity index (χ2v) is 46.8. The lowest BCUT2D eigenvalue weighted by atomic mass is 9.92. The second-order valence-electron chi connectivity index (χ2n) is 41.5. The first-order chi connectivity index (χ1) is 67.9. The largest absolute Gasteiger partial charge is 0.393 e. The molecule has 0 saturated carbocycles. The van der Waals surface area contributed by atoms with Gasteiger partial charge in [0.05, 0.1) is 47.3 Å². The van der Waals surface area contributed by atoms with Crippen molar-refractivity contribution in [3.05, 3.63) is 155 Å². The number of halogens is 9. The average Bonchev–Trinajstić information content (AvgIpc) is 1.65. The first-order valence-electron chi connectivity index (χ1n) is 51.3. The molecule has 143 heavy (non-hydrogen) atoms. The Kier molecular flexibility index (Phi) is 33.8. The van der Waals surface area contributed by atoms with E-state index in [1.165, 1.54) is 89.4 Å². The number of sulfonamides is 1. The van der Waals surface area contributed by atoms with Gasteiger partial charge in [-0.05, 0) is 240 Å². The summed E-state index contributed by atoms with van der Waals surface area (Å²) in [5.41, 5.74) is 15.0. The molecule has 9 aromatic heterocycles. The van der Waals surface area contributed by atoms with E-state index in [4.69, 9.17) is 4.98 Å². The van der Waals surface area contributed by atoms with Gasteiger partial charge in [-0.15, -0.1) is 34.0 Å². The molecule has 0 aliphatic carbocycles. The van der Waals surface area contributed by atoms with Gasteiger partial charge in [-0.1, -0.05) is 39.0 Å². The molecule has 18 rings (SSSR count). The number of likely N-dealkylation sites (tertiary alicyclic amines) is 5. The number of aromatic nitrogens is 9. The van der Waals surface area contributed by atoms with E-state index < -0.39 is 53.4 Å². The number of nitrogens with zero attached hydrogens (tertiary/aromatic N) is 16. The molecule has 0 bridgehead atoms. The van der Waals surface area contributed by atoms with Crippen molar-refractivity contribution in [3.8, 4) is 0 Å². The molecule has 0 spiro atoms. The van der Waals surface area contributed by atoms with Crippen LogP contribution in [0.5, 0.6) is 0 Å². The van der Waals surface area contributed by atoms with Crippen LogP contribution >= 0.6 is 34.0 Å². The zero-order valence-corrected chi connectivity index (χ0v) is 88.8. The Hall–Kier alpha value is -8.73. The van der Waals surface area contributed by atoms with Crippen molar-refractivity contribution in [2.45, 2.75) is 299 Å². The first kappa shape index (κ1) is 107. The van der Waals surface area contributed by atoms with Crippen molar-refractivity contribution in [3.63, 3.8) is 0 Å². The summed E-state index contributed by atoms with van der Waals surface area (Å²) < 4.78 is 151. The molecule has 3 atom stereocenters. The molecule has 15 heterocycles. The summed E-state index contributed by atoms with van der Waals surface area (Å²) in [6.45, 7) is 45.4. The van der Waals surface area contributed by atoms with E-state index >= 15 is 0 Å². The van der Waals surface area contributed by atoms with Crippen LogP contribution in [0.25, 0.3) is 63.4 Å². The summed E-state index contributed by atoms with van der Waals surface area (Å²) in [5.74, 6) is 4.53. The highest BCUT2D eigenvalue weighted by Gasteiger charge is 2.37. The van der Waals surface area contributed by atoms with Crippen LogP contribution in [0.4, 0.5) is 57.0 Å². The lowest BCUT2D eigenvalue weighted by Gasteiger charge is -2.39. The number of carbonyl (C=O) groups excluding carboxylic acids is 1. The minimum Gasteiger partial charge on any atom is -0.390 e. The molecule has 12 aromatic rings. The van der Waals surface area contributed by atoms with Crippen molar-refractivity contribution < 1.29 is 57.8 Å². The number of hydrogen-bond acceptors (Lipinski definition) is 22. The number of alkyl halides is 9. The third-order valence-corrected chi connectivity index (χ3v) is 35.2. The maximum absolute atomic E-state index is 13.1. The molecular weight excluding hydrogens is 1920 g/mol. The standard InChI is InChI=1S/C37H50F3N7OS.C35H47F3N6OS.C34H46F3N7O2S2/c1-6-33-43-35(31-19-29(20-37(38,39)40)49-36(31)44-33)42-28-11-13-45(14-12-28)22-27-7-8-32-30(25(27)4)17-23(2)47(32)21-24(3)46-15-9-26(10-16-46)18-34(48)41-5;1-6-31-40-32(29-18-27(19-35(36,37)38)46-33(29)41-31)39-26-9-13-42(14-10-26)21-25-7-8-30-28(24(25)4)17-22(2)44(30)20-23(3)43-15-11-34(5,45)12-16-43;1-6-31-39-32(29-18-27(19-34(35,36)37)47-33(29)40-31)38-26-9-11-41(12-10-26)21-25-7-8-30-28(24(25)4)17-22(2)44(30)20-23(3)42-13-15-43(16-14-42)48(5,45)46/h7-8,17,19,24,26,28H,6,9-16,18,20-22H2,1-5H3,(H,41,48)(H,42,43,44);7-8,17-18,23,26,45H,6,9-16,19-21H2,1-5H3,(H,39,40,41);7-8,17-18,23,26H,6,9-16,19-21H2,1-5H3,(H,38,39,40)/t24-;2*23-/m001/s1. The number of aliphatic hydroxyl groups is 1. The number of carbonyl (C=O) groups is 1. The van der Waals surface area contributed by atoms with Crippen molar-refractivity contribution in [2.24, 2.45) is 5.92 Å². The summed E-state index contributed by atoms with van der Waals surface area (Å²) in [7, 11) is -1.43. The minimum absolute atomic E-state index is 0.146. The van der Waals surface area contributed by atoms with Crippen LogP contribution in [0.3, 0.4) is 0 Å². The number of piperazine rings is 1. The topological polar surface area (TPSA) is 234 Å². The van der Waals surface area contributed by atoms with Gasteiger partial charge in [0, 0.05) is 251 Å². The maximum atomic E-state index is 13.1. The number of aryl methyl sites for hydroxylation is 9. The van der Waals surface area contributed by atoms with E-state index in [1.54, 1.807) is 29.6 Å². The SMILES string of the molecule is CCc1nc(NC2CCN(Cc3ccc4c(cc(C)n4C[C@@H](C)N4CCN(S(C)(=O)=O)CC4)c3C)CC2)c2cc(CC(F)(F)F)sc2n1.CCc1nc(NC2CCN(Cc3ccc4c(cc(C)n4C[C@H](C)N4CCC(C)(O)CC4)c3C)CC2)c2cc(CC(F)(F)F)sc2n1.CCc1nc(NC2CCN(Cc3ccc4c(cc(C)n4C[C@H](C)N4CCC(CC(=O)NC)CC4)c3C)CC2)c2cc(CC(F)(F)F)sc2n1. The van der Waals surface area contributed by atoms with Gasteiger partial charge in [0.1, 0.15) is 49.4 Å². The third kappa shape index (κ3) is 26.7. The number of nitrogens with one attached hydrogen (secondary N) is 4. The predicted molar refractivity (Wildman–Crippen MR) is 560 cm³/mol. The highest BCUT2D eigenvalue weighted by atomic mass is 32.2. The number of benzene rings is 3. The lowest BCUT2D eigenvalue weighted by Crippen LogP contribution is -2.51. The molecule has 3 aromatic carbocycles. The monoisotopic (exact) mass is 2060 g/mol. The minimum atomic E-state index is -4.26. The normalized spacial score (nSPS) is 18.7. The molecule has 6 aliphatic rings. The summed E-state index contributed by atoms with van der Waals surface area (Å²) in [5, 5.41) is 29.8.